The van der Waals surface area contributed by atoms with Crippen LogP contribution in [-0.4, -0.2) is 13.2 Å². The van der Waals surface area contributed by atoms with Crippen LogP contribution in [0.5, 0.6) is 0 Å². The van der Waals surface area contributed by atoms with Crippen molar-refractivity contribution in [3.05, 3.63) is 35.4 Å². The van der Waals surface area contributed by atoms with E-state index in [1.807, 2.05) is 0 Å². The summed E-state index contributed by atoms with van der Waals surface area (Å²) in [5.74, 6) is -1.60. The van der Waals surface area contributed by atoms with Crippen LogP contribution in [0.4, 0.5) is 8.78 Å². The van der Waals surface area contributed by atoms with Gasteiger partial charge in [-0.3, -0.25) is 0 Å². The summed E-state index contributed by atoms with van der Waals surface area (Å²) >= 11 is 0. The third-order valence-electron chi connectivity index (χ3n) is 3.04. The first-order chi connectivity index (χ1) is 7.70. The fourth-order valence-electron chi connectivity index (χ4n) is 2.08. The van der Waals surface area contributed by atoms with Crippen molar-refractivity contribution >= 4 is 0 Å². The highest BCUT2D eigenvalue weighted by Gasteiger charge is 2.25. The third-order valence-corrected chi connectivity index (χ3v) is 3.04. The number of ether oxygens (including phenoxy) is 1. The molecule has 0 radical (unpaired) electrons. The van der Waals surface area contributed by atoms with E-state index in [0.29, 0.717) is 6.61 Å². The van der Waals surface area contributed by atoms with E-state index < -0.39 is 17.7 Å². The Balaban J connectivity index is 2.19. The van der Waals surface area contributed by atoms with Crippen LogP contribution in [0.1, 0.15) is 24.4 Å². The minimum Gasteiger partial charge on any atom is -0.381 e. The van der Waals surface area contributed by atoms with Gasteiger partial charge in [0.15, 0.2) is 11.6 Å². The van der Waals surface area contributed by atoms with Gasteiger partial charge in [-0.25, -0.2) is 8.78 Å². The first kappa shape index (κ1) is 11.5. The Hall–Kier alpha value is -1.00. The van der Waals surface area contributed by atoms with Crippen LogP contribution in [-0.2, 0) is 4.74 Å². The molecule has 1 saturated heterocycles. The molecular weight excluding hydrogens is 212 g/mol. The highest BCUT2D eigenvalue weighted by molar-refractivity contribution is 5.23. The third kappa shape index (κ3) is 2.23. The Morgan fingerprint density at radius 3 is 2.88 bits per heavy atom. The second-order valence-electron chi connectivity index (χ2n) is 4.15. The molecule has 2 N–H and O–H groups in total. The lowest BCUT2D eigenvalue weighted by Crippen LogP contribution is -2.29. The molecule has 2 rings (SSSR count). The van der Waals surface area contributed by atoms with Crippen molar-refractivity contribution in [3.8, 4) is 0 Å². The zero-order valence-corrected chi connectivity index (χ0v) is 8.96. The van der Waals surface area contributed by atoms with Crippen LogP contribution in [0.25, 0.3) is 0 Å². The minimum atomic E-state index is -0.843. The fraction of sp³-hybridized carbons (Fsp3) is 0.500. The summed E-state index contributed by atoms with van der Waals surface area (Å²) in [5, 5.41) is 0. The van der Waals surface area contributed by atoms with E-state index in [9.17, 15) is 8.78 Å². The van der Waals surface area contributed by atoms with E-state index in [-0.39, 0.29) is 11.5 Å². The van der Waals surface area contributed by atoms with Gasteiger partial charge < -0.3 is 10.5 Å². The molecule has 2 atom stereocenters. The van der Waals surface area contributed by atoms with Crippen molar-refractivity contribution in [2.75, 3.05) is 13.2 Å². The van der Waals surface area contributed by atoms with Crippen molar-refractivity contribution in [2.24, 2.45) is 11.7 Å². The highest BCUT2D eigenvalue weighted by Crippen LogP contribution is 2.28. The average molecular weight is 227 g/mol. The summed E-state index contributed by atoms with van der Waals surface area (Å²) in [7, 11) is 0. The Labute approximate surface area is 93.4 Å². The minimum absolute atomic E-state index is 0.0741. The van der Waals surface area contributed by atoms with E-state index in [2.05, 4.69) is 0 Å². The molecule has 1 aliphatic rings. The first-order valence-corrected chi connectivity index (χ1v) is 5.47. The largest absolute Gasteiger partial charge is 0.381 e. The Bertz CT molecular complexity index is 364. The van der Waals surface area contributed by atoms with Crippen LogP contribution in [0.2, 0.25) is 0 Å². The van der Waals surface area contributed by atoms with Gasteiger partial charge in [-0.1, -0.05) is 12.1 Å². The summed E-state index contributed by atoms with van der Waals surface area (Å²) in [6.07, 6.45) is 1.83. The van der Waals surface area contributed by atoms with Gasteiger partial charge in [-0.15, -0.1) is 0 Å². The maximum atomic E-state index is 13.5. The molecule has 1 aromatic rings. The van der Waals surface area contributed by atoms with Crippen molar-refractivity contribution in [1.29, 1.82) is 0 Å². The Morgan fingerprint density at radius 2 is 2.19 bits per heavy atom. The van der Waals surface area contributed by atoms with Crippen LogP contribution < -0.4 is 5.73 Å². The summed E-state index contributed by atoms with van der Waals surface area (Å²) in [6, 6.07) is 3.63. The maximum Gasteiger partial charge on any atom is 0.163 e. The normalized spacial score (nSPS) is 23.1. The number of halogens is 2. The lowest BCUT2D eigenvalue weighted by Gasteiger charge is -2.28. The van der Waals surface area contributed by atoms with Crippen LogP contribution in [0.3, 0.4) is 0 Å². The van der Waals surface area contributed by atoms with Gasteiger partial charge >= 0.3 is 0 Å². The Kier molecular flexibility index (Phi) is 3.51. The second kappa shape index (κ2) is 4.89. The van der Waals surface area contributed by atoms with Crippen molar-refractivity contribution < 1.29 is 13.5 Å². The molecule has 16 heavy (non-hydrogen) atoms. The van der Waals surface area contributed by atoms with Gasteiger partial charge in [0.2, 0.25) is 0 Å². The molecule has 4 heteroatoms. The van der Waals surface area contributed by atoms with E-state index in [4.69, 9.17) is 10.5 Å². The number of hydrogen-bond donors (Lipinski definition) is 1. The van der Waals surface area contributed by atoms with Gasteiger partial charge in [-0.05, 0) is 18.9 Å². The molecule has 0 aliphatic carbocycles. The van der Waals surface area contributed by atoms with E-state index in [1.165, 1.54) is 12.1 Å². The SMILES string of the molecule is NC(c1cccc(F)c1F)C1CCCOC1. The molecule has 1 fully saturated rings. The summed E-state index contributed by atoms with van der Waals surface area (Å²) in [5.41, 5.74) is 6.20. The van der Waals surface area contributed by atoms with Crippen molar-refractivity contribution in [3.63, 3.8) is 0 Å². The smallest absolute Gasteiger partial charge is 0.163 e. The average Bonchev–Trinajstić information content (AvgIpc) is 2.33. The molecule has 0 aromatic heterocycles. The predicted octanol–water partition coefficient (Wildman–Crippen LogP) is 2.39. The predicted molar refractivity (Wildman–Crippen MR) is 56.8 cm³/mol. The standard InChI is InChI=1S/C12H15F2NO/c13-10-5-1-4-9(11(10)14)12(15)8-3-2-6-16-7-8/h1,4-5,8,12H,2-3,6-7,15H2. The maximum absolute atomic E-state index is 13.5. The Morgan fingerprint density at radius 1 is 1.38 bits per heavy atom. The molecule has 0 bridgehead atoms. The molecule has 0 saturated carbocycles. The van der Waals surface area contributed by atoms with Crippen LogP contribution >= 0.6 is 0 Å². The fourth-order valence-corrected chi connectivity index (χ4v) is 2.08. The van der Waals surface area contributed by atoms with Gasteiger partial charge in [0, 0.05) is 24.1 Å². The first-order valence-electron chi connectivity index (χ1n) is 5.47. The van der Waals surface area contributed by atoms with E-state index >= 15 is 0 Å². The lowest BCUT2D eigenvalue weighted by atomic mass is 9.89. The second-order valence-corrected chi connectivity index (χ2v) is 4.15. The quantitative estimate of drug-likeness (QED) is 0.842. The zero-order chi connectivity index (χ0) is 11.5. The van der Waals surface area contributed by atoms with Crippen molar-refractivity contribution in [1.82, 2.24) is 0 Å². The number of hydrogen-bond acceptors (Lipinski definition) is 2. The molecule has 1 aromatic carbocycles. The van der Waals surface area contributed by atoms with E-state index in [1.54, 1.807) is 0 Å². The zero-order valence-electron chi connectivity index (χ0n) is 8.96. The monoisotopic (exact) mass is 227 g/mol. The van der Waals surface area contributed by atoms with Crippen molar-refractivity contribution in [2.45, 2.75) is 18.9 Å². The molecular formula is C12H15F2NO. The van der Waals surface area contributed by atoms with Gasteiger partial charge in [0.25, 0.3) is 0 Å². The molecule has 0 spiro atoms. The highest BCUT2D eigenvalue weighted by atomic mass is 19.2. The molecule has 2 unspecified atom stereocenters. The lowest BCUT2D eigenvalue weighted by molar-refractivity contribution is 0.0442. The molecule has 2 nitrogen and oxygen atoms in total. The molecule has 88 valence electrons. The van der Waals surface area contributed by atoms with Crippen LogP contribution in [0, 0.1) is 17.6 Å². The van der Waals surface area contributed by atoms with Gasteiger partial charge in [0.05, 0.1) is 6.61 Å². The number of benzene rings is 1. The number of nitrogens with two attached hydrogens (primary N) is 1. The van der Waals surface area contributed by atoms with E-state index in [0.717, 1.165) is 25.5 Å². The van der Waals surface area contributed by atoms with Gasteiger partial charge in [0.1, 0.15) is 0 Å². The summed E-state index contributed by atoms with van der Waals surface area (Å²) < 4.78 is 31.9. The van der Waals surface area contributed by atoms with Gasteiger partial charge in [-0.2, -0.15) is 0 Å². The molecule has 1 aliphatic heterocycles. The summed E-state index contributed by atoms with van der Waals surface area (Å²) in [6.45, 7) is 1.26. The summed E-state index contributed by atoms with van der Waals surface area (Å²) in [4.78, 5) is 0. The van der Waals surface area contributed by atoms with Crippen LogP contribution in [0.15, 0.2) is 18.2 Å². The number of rotatable bonds is 2. The topological polar surface area (TPSA) is 35.2 Å². The molecule has 1 heterocycles. The molecule has 0 amide bonds.